The standard InChI is InChI=1S/C25H18ClN3O8S/c1-2-36-22-11-15(6-8-21(22)37-20-9-7-18(28(32)33)13-19(20)29(34)35)12-23-24(30)27(25(31)38-23)14-16-4-3-5-17(26)10-16/h3-13H,2,14H2,1H3/b23-12-. The second-order valence-corrected chi connectivity index (χ2v) is 9.23. The van der Waals surface area contributed by atoms with Gasteiger partial charge in [-0.25, -0.2) is 0 Å². The number of nitro benzene ring substituents is 2. The summed E-state index contributed by atoms with van der Waals surface area (Å²) in [6.07, 6.45) is 1.53. The topological polar surface area (TPSA) is 142 Å². The number of carbonyl (C=O) groups is 2. The molecule has 0 aromatic heterocycles. The Kier molecular flexibility index (Phi) is 7.93. The molecule has 1 aliphatic rings. The van der Waals surface area contributed by atoms with Crippen LogP contribution in [0.3, 0.4) is 0 Å². The first-order chi connectivity index (χ1) is 18.2. The Morgan fingerprint density at radius 3 is 2.42 bits per heavy atom. The summed E-state index contributed by atoms with van der Waals surface area (Å²) in [4.78, 5) is 47.7. The van der Waals surface area contributed by atoms with E-state index in [1.54, 1.807) is 43.3 Å². The lowest BCUT2D eigenvalue weighted by atomic mass is 10.1. The van der Waals surface area contributed by atoms with Crippen molar-refractivity contribution in [1.29, 1.82) is 0 Å². The van der Waals surface area contributed by atoms with Crippen LogP contribution in [-0.2, 0) is 11.3 Å². The molecule has 0 bridgehead atoms. The van der Waals surface area contributed by atoms with Crippen molar-refractivity contribution >= 4 is 52.0 Å². The van der Waals surface area contributed by atoms with Crippen molar-refractivity contribution in [3.63, 3.8) is 0 Å². The Morgan fingerprint density at radius 2 is 1.74 bits per heavy atom. The molecule has 0 atom stereocenters. The van der Waals surface area contributed by atoms with E-state index in [2.05, 4.69) is 0 Å². The lowest BCUT2D eigenvalue weighted by Gasteiger charge is -2.13. The van der Waals surface area contributed by atoms with E-state index >= 15 is 0 Å². The Labute approximate surface area is 224 Å². The average molecular weight is 556 g/mol. The number of nitro groups is 2. The summed E-state index contributed by atoms with van der Waals surface area (Å²) in [6.45, 7) is 2.04. The molecule has 0 spiro atoms. The first-order valence-electron chi connectivity index (χ1n) is 11.0. The fourth-order valence-corrected chi connectivity index (χ4v) is 4.59. The molecule has 0 radical (unpaired) electrons. The van der Waals surface area contributed by atoms with Gasteiger partial charge in [-0.1, -0.05) is 29.8 Å². The third-order valence-corrected chi connectivity index (χ3v) is 6.38. The Hall–Kier alpha value is -4.42. The number of imide groups is 1. The summed E-state index contributed by atoms with van der Waals surface area (Å²) in [5, 5.41) is 22.5. The highest BCUT2D eigenvalue weighted by atomic mass is 35.5. The van der Waals surface area contributed by atoms with Crippen LogP contribution in [0.15, 0.2) is 65.6 Å². The zero-order valence-corrected chi connectivity index (χ0v) is 21.2. The highest BCUT2D eigenvalue weighted by Crippen LogP contribution is 2.40. The maximum absolute atomic E-state index is 12.9. The predicted molar refractivity (Wildman–Crippen MR) is 140 cm³/mol. The van der Waals surface area contributed by atoms with E-state index in [0.29, 0.717) is 16.1 Å². The van der Waals surface area contributed by atoms with Gasteiger partial charge >= 0.3 is 5.69 Å². The summed E-state index contributed by atoms with van der Waals surface area (Å²) in [7, 11) is 0. The van der Waals surface area contributed by atoms with Crippen LogP contribution in [0.5, 0.6) is 17.2 Å². The summed E-state index contributed by atoms with van der Waals surface area (Å²) in [5.74, 6) is -0.335. The molecular formula is C25H18ClN3O8S. The monoisotopic (exact) mass is 555 g/mol. The number of ether oxygens (including phenoxy) is 2. The number of rotatable bonds is 9. The molecule has 1 heterocycles. The molecule has 0 aliphatic carbocycles. The van der Waals surface area contributed by atoms with E-state index in [4.69, 9.17) is 21.1 Å². The largest absolute Gasteiger partial charge is 0.490 e. The van der Waals surface area contributed by atoms with E-state index < -0.39 is 32.4 Å². The molecule has 0 unspecified atom stereocenters. The minimum Gasteiger partial charge on any atom is -0.490 e. The SMILES string of the molecule is CCOc1cc(/C=C2\SC(=O)N(Cc3cccc(Cl)c3)C2=O)ccc1Oc1ccc([N+](=O)[O-])cc1[N+](=O)[O-]. The Morgan fingerprint density at radius 1 is 0.974 bits per heavy atom. The van der Waals surface area contributed by atoms with E-state index in [1.165, 1.54) is 12.1 Å². The third kappa shape index (κ3) is 5.93. The lowest BCUT2D eigenvalue weighted by molar-refractivity contribution is -0.394. The number of benzene rings is 3. The van der Waals surface area contributed by atoms with E-state index in [0.717, 1.165) is 34.9 Å². The molecule has 4 rings (SSSR count). The number of amides is 2. The van der Waals surface area contributed by atoms with Crippen molar-refractivity contribution in [1.82, 2.24) is 4.90 Å². The van der Waals surface area contributed by atoms with Crippen LogP contribution in [0.25, 0.3) is 6.08 Å². The molecule has 11 nitrogen and oxygen atoms in total. The van der Waals surface area contributed by atoms with E-state index in [9.17, 15) is 29.8 Å². The number of non-ortho nitro benzene ring substituents is 1. The number of nitrogens with zero attached hydrogens (tertiary/aromatic N) is 3. The van der Waals surface area contributed by atoms with Crippen LogP contribution >= 0.6 is 23.4 Å². The second kappa shape index (κ2) is 11.3. The summed E-state index contributed by atoms with van der Waals surface area (Å²) >= 11 is 6.80. The molecule has 194 valence electrons. The van der Waals surface area contributed by atoms with Crippen LogP contribution in [-0.4, -0.2) is 32.5 Å². The molecule has 13 heteroatoms. The van der Waals surface area contributed by atoms with E-state index in [-0.39, 0.29) is 35.3 Å². The smallest absolute Gasteiger partial charge is 0.318 e. The van der Waals surface area contributed by atoms with Crippen LogP contribution < -0.4 is 9.47 Å². The molecular weight excluding hydrogens is 538 g/mol. The number of thioether (sulfide) groups is 1. The summed E-state index contributed by atoms with van der Waals surface area (Å²) in [6, 6.07) is 14.5. The van der Waals surface area contributed by atoms with Crippen LogP contribution in [0.1, 0.15) is 18.1 Å². The lowest BCUT2D eigenvalue weighted by Crippen LogP contribution is -2.27. The van der Waals surface area contributed by atoms with E-state index in [1.807, 2.05) is 0 Å². The number of halogens is 1. The van der Waals surface area contributed by atoms with Crippen molar-refractivity contribution in [3.05, 3.63) is 102 Å². The maximum atomic E-state index is 12.9. The van der Waals surface area contributed by atoms with Gasteiger partial charge in [-0.15, -0.1) is 0 Å². The molecule has 0 N–H and O–H groups in total. The van der Waals surface area contributed by atoms with Gasteiger partial charge in [-0.2, -0.15) is 0 Å². The average Bonchev–Trinajstić information content (AvgIpc) is 3.13. The van der Waals surface area contributed by atoms with Gasteiger partial charge in [-0.3, -0.25) is 34.7 Å². The van der Waals surface area contributed by atoms with Gasteiger partial charge in [-0.05, 0) is 66.2 Å². The molecule has 0 saturated carbocycles. The zero-order valence-electron chi connectivity index (χ0n) is 19.7. The number of hydrogen-bond donors (Lipinski definition) is 0. The van der Waals surface area contributed by atoms with Gasteiger partial charge in [0.15, 0.2) is 11.5 Å². The molecule has 1 aliphatic heterocycles. The van der Waals surface area contributed by atoms with Gasteiger partial charge in [0.25, 0.3) is 16.8 Å². The maximum Gasteiger partial charge on any atom is 0.318 e. The minimum atomic E-state index is -0.781. The zero-order chi connectivity index (χ0) is 27.4. The predicted octanol–water partition coefficient (Wildman–Crippen LogP) is 6.58. The summed E-state index contributed by atoms with van der Waals surface area (Å²) in [5.41, 5.74) is 0.196. The first kappa shape index (κ1) is 26.6. The highest BCUT2D eigenvalue weighted by molar-refractivity contribution is 8.18. The molecule has 3 aromatic rings. The minimum absolute atomic E-state index is 0.0769. The number of carbonyl (C=O) groups excluding carboxylic acids is 2. The molecule has 1 saturated heterocycles. The van der Waals surface area contributed by atoms with Gasteiger partial charge in [0, 0.05) is 11.1 Å². The van der Waals surface area contributed by atoms with Crippen LogP contribution in [0, 0.1) is 20.2 Å². The van der Waals surface area contributed by atoms with Crippen molar-refractivity contribution in [2.24, 2.45) is 0 Å². The normalized spacial score (nSPS) is 14.2. The van der Waals surface area contributed by atoms with Crippen LogP contribution in [0.2, 0.25) is 5.02 Å². The van der Waals surface area contributed by atoms with Crippen molar-refractivity contribution in [2.75, 3.05) is 6.61 Å². The fraction of sp³-hybridized carbons (Fsp3) is 0.120. The fourth-order valence-electron chi connectivity index (χ4n) is 3.54. The van der Waals surface area contributed by atoms with Crippen LogP contribution in [0.4, 0.5) is 16.2 Å². The van der Waals surface area contributed by atoms with Gasteiger partial charge in [0.1, 0.15) is 0 Å². The number of hydrogen-bond acceptors (Lipinski definition) is 9. The van der Waals surface area contributed by atoms with Gasteiger partial charge in [0.2, 0.25) is 5.75 Å². The molecule has 1 fully saturated rings. The van der Waals surface area contributed by atoms with Crippen molar-refractivity contribution < 1.29 is 28.9 Å². The van der Waals surface area contributed by atoms with Crippen molar-refractivity contribution in [3.8, 4) is 17.2 Å². The Bertz CT molecular complexity index is 1490. The quantitative estimate of drug-likeness (QED) is 0.162. The van der Waals surface area contributed by atoms with Gasteiger partial charge < -0.3 is 9.47 Å². The first-order valence-corrected chi connectivity index (χ1v) is 12.2. The Balaban J connectivity index is 1.60. The summed E-state index contributed by atoms with van der Waals surface area (Å²) < 4.78 is 11.3. The van der Waals surface area contributed by atoms with Crippen molar-refractivity contribution in [2.45, 2.75) is 13.5 Å². The van der Waals surface area contributed by atoms with Gasteiger partial charge in [0.05, 0.1) is 34.0 Å². The highest BCUT2D eigenvalue weighted by Gasteiger charge is 2.35. The second-order valence-electron chi connectivity index (χ2n) is 7.81. The molecule has 38 heavy (non-hydrogen) atoms. The molecule has 3 aromatic carbocycles. The molecule has 2 amide bonds. The third-order valence-electron chi connectivity index (χ3n) is 5.24.